The molecule has 10 nitrogen and oxygen atoms in total. The number of nitriles is 1. The van der Waals surface area contributed by atoms with Crippen LogP contribution in [0.1, 0.15) is 53.2 Å². The van der Waals surface area contributed by atoms with Crippen molar-refractivity contribution in [1.82, 2.24) is 20.2 Å². The van der Waals surface area contributed by atoms with Gasteiger partial charge >= 0.3 is 5.97 Å². The van der Waals surface area contributed by atoms with E-state index in [4.69, 9.17) is 14.7 Å². The van der Waals surface area contributed by atoms with E-state index in [1.54, 1.807) is 6.07 Å². The Morgan fingerprint density at radius 2 is 1.92 bits per heavy atom. The molecule has 3 aromatic rings. The zero-order chi connectivity index (χ0) is 25.2. The van der Waals surface area contributed by atoms with Crippen LogP contribution in [0.15, 0.2) is 35.4 Å². The third kappa shape index (κ3) is 4.62. The molecular weight excluding hydrogens is 467 g/mol. The van der Waals surface area contributed by atoms with Gasteiger partial charge in [0.05, 0.1) is 18.2 Å². The lowest BCUT2D eigenvalue weighted by Gasteiger charge is -2.32. The van der Waals surface area contributed by atoms with Crippen LogP contribution in [0.2, 0.25) is 0 Å². The fraction of sp³-hybridized carbons (Fsp3) is 0.360. The molecule has 11 heteroatoms. The first-order valence-electron chi connectivity index (χ1n) is 11.6. The number of halogens is 1. The summed E-state index contributed by atoms with van der Waals surface area (Å²) in [5.74, 6) is -0.447. The Morgan fingerprint density at radius 3 is 2.53 bits per heavy atom. The largest absolute Gasteiger partial charge is 0.487 e. The van der Waals surface area contributed by atoms with Gasteiger partial charge in [0.15, 0.2) is 5.75 Å². The smallest absolute Gasteiger partial charge is 0.362 e. The van der Waals surface area contributed by atoms with E-state index >= 15 is 0 Å². The Balaban J connectivity index is 1.40. The van der Waals surface area contributed by atoms with Gasteiger partial charge in [-0.05, 0) is 42.0 Å². The van der Waals surface area contributed by atoms with Gasteiger partial charge in [-0.25, -0.2) is 24.3 Å². The van der Waals surface area contributed by atoms with E-state index < -0.39 is 17.3 Å². The van der Waals surface area contributed by atoms with Crippen LogP contribution in [0.5, 0.6) is 5.75 Å². The maximum atomic E-state index is 14.4. The summed E-state index contributed by atoms with van der Waals surface area (Å²) in [5, 5.41) is 15.1. The molecule has 0 radical (unpaired) electrons. The second-order valence-corrected chi connectivity index (χ2v) is 8.80. The number of anilines is 1. The van der Waals surface area contributed by atoms with Crippen molar-refractivity contribution in [1.29, 1.82) is 5.26 Å². The number of nitrogens with zero attached hydrogens (tertiary/aromatic N) is 5. The van der Waals surface area contributed by atoms with Crippen molar-refractivity contribution in [3.63, 3.8) is 0 Å². The Kier molecular flexibility index (Phi) is 6.33. The van der Waals surface area contributed by atoms with Gasteiger partial charge in [0.25, 0.3) is 5.56 Å². The van der Waals surface area contributed by atoms with Crippen molar-refractivity contribution in [2.24, 2.45) is 0 Å². The molecule has 2 aromatic heterocycles. The maximum absolute atomic E-state index is 14.4. The van der Waals surface area contributed by atoms with Gasteiger partial charge in [-0.3, -0.25) is 4.79 Å². The molecule has 36 heavy (non-hydrogen) atoms. The van der Waals surface area contributed by atoms with Crippen LogP contribution in [-0.2, 0) is 4.74 Å². The summed E-state index contributed by atoms with van der Waals surface area (Å²) in [5.41, 5.74) is 0.203. The summed E-state index contributed by atoms with van der Waals surface area (Å²) >= 11 is 0. The number of H-pyrrole nitrogens is 1. The molecule has 1 N–H and O–H groups in total. The standard InChI is InChI=1S/C25H23FN6O4/c1-35-24(34)21-22(20(23(33)31-30-21)15-4-5-16(11-27)19(26)10-15)36-18-6-8-32(9-7-18)25-28-12-17(13-29-25)14-2-3-14/h4-5,10,12-14,18H,2-3,6-9H2,1H3,(H,31,33). The molecule has 0 bridgehead atoms. The second kappa shape index (κ2) is 9.73. The number of hydrogen-bond acceptors (Lipinski definition) is 9. The molecule has 0 spiro atoms. The number of carbonyl (C=O) groups excluding carboxylic acids is 1. The van der Waals surface area contributed by atoms with Gasteiger partial charge in [0, 0.05) is 38.3 Å². The lowest BCUT2D eigenvalue weighted by Crippen LogP contribution is -2.39. The predicted molar refractivity (Wildman–Crippen MR) is 126 cm³/mol. The van der Waals surface area contributed by atoms with Crippen LogP contribution in [0.3, 0.4) is 0 Å². The highest BCUT2D eigenvalue weighted by Crippen LogP contribution is 2.39. The van der Waals surface area contributed by atoms with E-state index in [1.807, 2.05) is 12.4 Å². The minimum atomic E-state index is -0.807. The Morgan fingerprint density at radius 1 is 1.19 bits per heavy atom. The first kappa shape index (κ1) is 23.4. The molecule has 2 aliphatic rings. The Labute approximate surface area is 205 Å². The molecular formula is C25H23FN6O4. The van der Waals surface area contributed by atoms with E-state index in [0.717, 1.165) is 6.07 Å². The highest BCUT2D eigenvalue weighted by atomic mass is 19.1. The van der Waals surface area contributed by atoms with Crippen molar-refractivity contribution in [2.75, 3.05) is 25.1 Å². The summed E-state index contributed by atoms with van der Waals surface area (Å²) in [6, 6.07) is 5.49. The van der Waals surface area contributed by atoms with E-state index in [2.05, 4.69) is 25.1 Å². The molecule has 1 saturated carbocycles. The fourth-order valence-corrected chi connectivity index (χ4v) is 4.27. The number of methoxy groups -OCH3 is 1. The molecule has 0 unspecified atom stereocenters. The van der Waals surface area contributed by atoms with Crippen LogP contribution in [-0.4, -0.2) is 52.4 Å². The Bertz CT molecular complexity index is 1390. The van der Waals surface area contributed by atoms with Crippen molar-refractivity contribution in [3.05, 3.63) is 63.6 Å². The average Bonchev–Trinajstić information content (AvgIpc) is 3.75. The average molecular weight is 490 g/mol. The monoisotopic (exact) mass is 490 g/mol. The fourth-order valence-electron chi connectivity index (χ4n) is 4.27. The highest BCUT2D eigenvalue weighted by molar-refractivity contribution is 5.93. The van der Waals surface area contributed by atoms with Gasteiger partial charge in [-0.2, -0.15) is 10.4 Å². The van der Waals surface area contributed by atoms with Gasteiger partial charge in [0.1, 0.15) is 18.0 Å². The molecule has 0 atom stereocenters. The number of nitrogens with one attached hydrogen (secondary N) is 1. The molecule has 184 valence electrons. The van der Waals surface area contributed by atoms with Crippen LogP contribution in [0.25, 0.3) is 11.1 Å². The minimum Gasteiger partial charge on any atom is -0.487 e. The minimum absolute atomic E-state index is 0.0600. The number of rotatable bonds is 6. The summed E-state index contributed by atoms with van der Waals surface area (Å²) < 4.78 is 25.4. The van der Waals surface area contributed by atoms with Crippen molar-refractivity contribution in [2.45, 2.75) is 37.7 Å². The number of benzene rings is 1. The highest BCUT2D eigenvalue weighted by Gasteiger charge is 2.29. The number of ether oxygens (including phenoxy) is 2. The topological polar surface area (TPSA) is 134 Å². The molecule has 1 aliphatic heterocycles. The zero-order valence-corrected chi connectivity index (χ0v) is 19.5. The van der Waals surface area contributed by atoms with Crippen molar-refractivity contribution < 1.29 is 18.7 Å². The summed E-state index contributed by atoms with van der Waals surface area (Å²) in [6.45, 7) is 1.22. The number of hydrogen-bond donors (Lipinski definition) is 1. The molecule has 5 rings (SSSR count). The molecule has 3 heterocycles. The normalized spacial score (nSPS) is 15.9. The molecule has 0 amide bonds. The molecule has 2 fully saturated rings. The summed E-state index contributed by atoms with van der Waals surface area (Å²) in [6.07, 6.45) is 6.94. The second-order valence-electron chi connectivity index (χ2n) is 8.80. The molecule has 1 aliphatic carbocycles. The van der Waals surface area contributed by atoms with Crippen LogP contribution in [0.4, 0.5) is 10.3 Å². The lowest BCUT2D eigenvalue weighted by atomic mass is 10.0. The molecule has 1 saturated heterocycles. The van der Waals surface area contributed by atoms with Gasteiger partial charge in [0.2, 0.25) is 11.6 Å². The van der Waals surface area contributed by atoms with E-state index in [1.165, 1.54) is 37.6 Å². The molecule has 1 aromatic carbocycles. The van der Waals surface area contributed by atoms with E-state index in [-0.39, 0.29) is 34.2 Å². The van der Waals surface area contributed by atoms with Crippen LogP contribution in [0, 0.1) is 17.1 Å². The first-order chi connectivity index (χ1) is 17.5. The maximum Gasteiger partial charge on any atom is 0.362 e. The third-order valence-corrected chi connectivity index (χ3v) is 6.41. The van der Waals surface area contributed by atoms with E-state index in [0.29, 0.717) is 37.8 Å². The lowest BCUT2D eigenvalue weighted by molar-refractivity contribution is 0.0582. The quantitative estimate of drug-likeness (QED) is 0.518. The summed E-state index contributed by atoms with van der Waals surface area (Å²) in [4.78, 5) is 36.3. The number of aromatic amines is 1. The van der Waals surface area contributed by atoms with Crippen molar-refractivity contribution >= 4 is 11.9 Å². The van der Waals surface area contributed by atoms with Gasteiger partial charge < -0.3 is 14.4 Å². The number of esters is 1. The van der Waals surface area contributed by atoms with Crippen LogP contribution < -0.4 is 15.2 Å². The SMILES string of the molecule is COC(=O)c1n[nH]c(=O)c(-c2ccc(C#N)c(F)c2)c1OC1CCN(c2ncc(C3CC3)cn2)CC1. The van der Waals surface area contributed by atoms with Crippen molar-refractivity contribution in [3.8, 4) is 22.9 Å². The number of aromatic nitrogens is 4. The third-order valence-electron chi connectivity index (χ3n) is 6.41. The van der Waals surface area contributed by atoms with Crippen LogP contribution >= 0.6 is 0 Å². The zero-order valence-electron chi connectivity index (χ0n) is 19.5. The van der Waals surface area contributed by atoms with Gasteiger partial charge in [-0.15, -0.1) is 0 Å². The van der Waals surface area contributed by atoms with Gasteiger partial charge in [-0.1, -0.05) is 6.07 Å². The summed E-state index contributed by atoms with van der Waals surface area (Å²) in [7, 11) is 1.19. The van der Waals surface area contributed by atoms with E-state index in [9.17, 15) is 14.0 Å². The number of carbonyl (C=O) groups is 1. The first-order valence-corrected chi connectivity index (χ1v) is 11.6. The predicted octanol–water partition coefficient (Wildman–Crippen LogP) is 2.95. The number of piperidine rings is 1. The Hall–Kier alpha value is -4.33.